The molecular formula is C18H28N2O3. The molecule has 1 fully saturated rings. The standard InChI is InChI=1S/C18H28N2O3/c1-4-16(23-17-6-5-14(2)13-15(17)3)18(21)19-7-8-20-9-11-22-12-10-20/h5-6,13,16H,4,7-12H2,1-3H3,(H,19,21)/t16-/m0/s1. The Kier molecular flexibility index (Phi) is 6.86. The van der Waals surface area contributed by atoms with Crippen LogP contribution in [0, 0.1) is 13.8 Å². The lowest BCUT2D eigenvalue weighted by Crippen LogP contribution is -2.44. The zero-order chi connectivity index (χ0) is 16.7. The molecule has 1 aromatic rings. The summed E-state index contributed by atoms with van der Waals surface area (Å²) in [7, 11) is 0. The van der Waals surface area contributed by atoms with Crippen LogP contribution < -0.4 is 10.1 Å². The van der Waals surface area contributed by atoms with Crippen LogP contribution in [0.4, 0.5) is 0 Å². The van der Waals surface area contributed by atoms with Crippen LogP contribution in [0.25, 0.3) is 0 Å². The van der Waals surface area contributed by atoms with Gasteiger partial charge in [-0.25, -0.2) is 0 Å². The topological polar surface area (TPSA) is 50.8 Å². The molecule has 1 saturated heterocycles. The van der Waals surface area contributed by atoms with Gasteiger partial charge in [-0.1, -0.05) is 24.6 Å². The van der Waals surface area contributed by atoms with Crippen molar-refractivity contribution in [2.45, 2.75) is 33.3 Å². The van der Waals surface area contributed by atoms with Gasteiger partial charge >= 0.3 is 0 Å². The fourth-order valence-corrected chi connectivity index (χ4v) is 2.68. The number of morpholine rings is 1. The maximum Gasteiger partial charge on any atom is 0.261 e. The van der Waals surface area contributed by atoms with Gasteiger partial charge in [-0.3, -0.25) is 9.69 Å². The first-order valence-corrected chi connectivity index (χ1v) is 8.42. The Morgan fingerprint density at radius 3 is 2.74 bits per heavy atom. The van der Waals surface area contributed by atoms with Crippen LogP contribution >= 0.6 is 0 Å². The molecule has 5 nitrogen and oxygen atoms in total. The first-order chi connectivity index (χ1) is 11.1. The van der Waals surface area contributed by atoms with Crippen LogP contribution in [0.5, 0.6) is 5.75 Å². The number of amides is 1. The van der Waals surface area contributed by atoms with Gasteiger partial charge in [0.1, 0.15) is 5.75 Å². The highest BCUT2D eigenvalue weighted by Gasteiger charge is 2.19. The maximum atomic E-state index is 12.3. The quantitative estimate of drug-likeness (QED) is 0.834. The molecule has 2 rings (SSSR count). The predicted molar refractivity (Wildman–Crippen MR) is 90.9 cm³/mol. The molecule has 1 heterocycles. The van der Waals surface area contributed by atoms with Gasteiger partial charge in [0.25, 0.3) is 5.91 Å². The molecule has 1 aromatic carbocycles. The van der Waals surface area contributed by atoms with Crippen molar-refractivity contribution in [1.29, 1.82) is 0 Å². The van der Waals surface area contributed by atoms with Gasteiger partial charge < -0.3 is 14.8 Å². The molecule has 1 aliphatic heterocycles. The van der Waals surface area contributed by atoms with E-state index in [1.54, 1.807) is 0 Å². The highest BCUT2D eigenvalue weighted by molar-refractivity contribution is 5.81. The molecule has 128 valence electrons. The number of benzene rings is 1. The highest BCUT2D eigenvalue weighted by Crippen LogP contribution is 2.20. The number of hydrogen-bond acceptors (Lipinski definition) is 4. The number of nitrogens with one attached hydrogen (secondary N) is 1. The Hall–Kier alpha value is -1.59. The van der Waals surface area contributed by atoms with Crippen LogP contribution in [-0.4, -0.2) is 56.3 Å². The number of nitrogens with zero attached hydrogens (tertiary/aromatic N) is 1. The Balaban J connectivity index is 1.80. The number of aryl methyl sites for hydroxylation is 2. The first-order valence-electron chi connectivity index (χ1n) is 8.42. The molecular weight excluding hydrogens is 292 g/mol. The van der Waals surface area contributed by atoms with Crippen molar-refractivity contribution in [1.82, 2.24) is 10.2 Å². The number of ether oxygens (including phenoxy) is 2. The Bertz CT molecular complexity index is 513. The molecule has 1 atom stereocenters. The normalized spacial score (nSPS) is 16.8. The summed E-state index contributed by atoms with van der Waals surface area (Å²) in [5, 5.41) is 2.99. The van der Waals surface area contributed by atoms with Crippen molar-refractivity contribution >= 4 is 5.91 Å². The minimum atomic E-state index is -0.443. The molecule has 0 radical (unpaired) electrons. The summed E-state index contributed by atoms with van der Waals surface area (Å²) in [6.07, 6.45) is 0.206. The van der Waals surface area contributed by atoms with Gasteiger partial charge in [0.05, 0.1) is 13.2 Å². The third-order valence-electron chi connectivity index (χ3n) is 4.09. The Morgan fingerprint density at radius 2 is 2.09 bits per heavy atom. The Morgan fingerprint density at radius 1 is 1.35 bits per heavy atom. The van der Waals surface area contributed by atoms with Crippen LogP contribution in [0.2, 0.25) is 0 Å². The summed E-state index contributed by atoms with van der Waals surface area (Å²) in [6, 6.07) is 6.01. The van der Waals surface area contributed by atoms with E-state index in [9.17, 15) is 4.79 Å². The molecule has 0 aliphatic carbocycles. The van der Waals surface area contributed by atoms with E-state index in [0.29, 0.717) is 13.0 Å². The lowest BCUT2D eigenvalue weighted by molar-refractivity contribution is -0.128. The average Bonchev–Trinajstić information content (AvgIpc) is 2.55. The minimum Gasteiger partial charge on any atom is -0.480 e. The summed E-state index contributed by atoms with van der Waals surface area (Å²) >= 11 is 0. The summed E-state index contributed by atoms with van der Waals surface area (Å²) in [5.74, 6) is 0.742. The smallest absolute Gasteiger partial charge is 0.261 e. The molecule has 0 aromatic heterocycles. The van der Waals surface area contributed by atoms with Crippen molar-refractivity contribution in [3.8, 4) is 5.75 Å². The van der Waals surface area contributed by atoms with Crippen molar-refractivity contribution in [2.75, 3.05) is 39.4 Å². The van der Waals surface area contributed by atoms with E-state index in [4.69, 9.17) is 9.47 Å². The summed E-state index contributed by atoms with van der Waals surface area (Å²) in [4.78, 5) is 14.6. The molecule has 23 heavy (non-hydrogen) atoms. The zero-order valence-electron chi connectivity index (χ0n) is 14.4. The lowest BCUT2D eigenvalue weighted by Gasteiger charge is -2.27. The second kappa shape index (κ2) is 8.89. The minimum absolute atomic E-state index is 0.0410. The van der Waals surface area contributed by atoms with Crippen LogP contribution in [0.1, 0.15) is 24.5 Å². The van der Waals surface area contributed by atoms with E-state index in [1.165, 1.54) is 5.56 Å². The van der Waals surface area contributed by atoms with E-state index in [2.05, 4.69) is 16.3 Å². The van der Waals surface area contributed by atoms with E-state index in [1.807, 2.05) is 32.9 Å². The van der Waals surface area contributed by atoms with Gasteiger partial charge in [0, 0.05) is 26.2 Å². The molecule has 1 N–H and O–H groups in total. The monoisotopic (exact) mass is 320 g/mol. The van der Waals surface area contributed by atoms with Crippen LogP contribution in [-0.2, 0) is 9.53 Å². The average molecular weight is 320 g/mol. The van der Waals surface area contributed by atoms with E-state index in [-0.39, 0.29) is 5.91 Å². The van der Waals surface area contributed by atoms with E-state index >= 15 is 0 Å². The number of rotatable bonds is 7. The summed E-state index contributed by atoms with van der Waals surface area (Å²) in [5.41, 5.74) is 2.25. The number of carbonyl (C=O) groups excluding carboxylic acids is 1. The van der Waals surface area contributed by atoms with Crippen molar-refractivity contribution < 1.29 is 14.3 Å². The molecule has 0 saturated carbocycles. The van der Waals surface area contributed by atoms with Crippen LogP contribution in [0.3, 0.4) is 0 Å². The van der Waals surface area contributed by atoms with Crippen molar-refractivity contribution in [3.63, 3.8) is 0 Å². The van der Waals surface area contributed by atoms with Crippen molar-refractivity contribution in [3.05, 3.63) is 29.3 Å². The molecule has 1 aliphatic rings. The van der Waals surface area contributed by atoms with Gasteiger partial charge in [-0.15, -0.1) is 0 Å². The highest BCUT2D eigenvalue weighted by atomic mass is 16.5. The van der Waals surface area contributed by atoms with Gasteiger partial charge in [-0.2, -0.15) is 0 Å². The largest absolute Gasteiger partial charge is 0.480 e. The molecule has 0 bridgehead atoms. The summed E-state index contributed by atoms with van der Waals surface area (Å²) in [6.45, 7) is 11.0. The molecule has 1 amide bonds. The molecule has 5 heteroatoms. The molecule has 0 unspecified atom stereocenters. The van der Waals surface area contributed by atoms with E-state index < -0.39 is 6.10 Å². The fourth-order valence-electron chi connectivity index (χ4n) is 2.68. The first kappa shape index (κ1) is 17.8. The third-order valence-corrected chi connectivity index (χ3v) is 4.09. The SMILES string of the molecule is CC[C@H](Oc1ccc(C)cc1C)C(=O)NCCN1CCOCC1. The fraction of sp³-hybridized carbons (Fsp3) is 0.611. The number of hydrogen-bond donors (Lipinski definition) is 1. The second-order valence-electron chi connectivity index (χ2n) is 6.03. The van der Waals surface area contributed by atoms with Gasteiger partial charge in [0.15, 0.2) is 6.10 Å². The number of carbonyl (C=O) groups is 1. The van der Waals surface area contributed by atoms with Crippen LogP contribution in [0.15, 0.2) is 18.2 Å². The third kappa shape index (κ3) is 5.52. The zero-order valence-corrected chi connectivity index (χ0v) is 14.4. The van der Waals surface area contributed by atoms with Gasteiger partial charge in [0.2, 0.25) is 0 Å². The maximum absolute atomic E-state index is 12.3. The van der Waals surface area contributed by atoms with Crippen molar-refractivity contribution in [2.24, 2.45) is 0 Å². The Labute approximate surface area is 139 Å². The summed E-state index contributed by atoms with van der Waals surface area (Å²) < 4.78 is 11.2. The second-order valence-corrected chi connectivity index (χ2v) is 6.03. The molecule has 0 spiro atoms. The lowest BCUT2D eigenvalue weighted by atomic mass is 10.1. The predicted octanol–water partition coefficient (Wildman–Crippen LogP) is 1.91. The van der Waals surface area contributed by atoms with Gasteiger partial charge in [-0.05, 0) is 31.9 Å². The van der Waals surface area contributed by atoms with E-state index in [0.717, 1.165) is 44.2 Å².